The van der Waals surface area contributed by atoms with Crippen LogP contribution in [-0.4, -0.2) is 7.05 Å². The SMILES string of the molecule is C=C(/C=C\C(=C)C(C)C)/C=C/c1ccc(NC)cc1. The van der Waals surface area contributed by atoms with Gasteiger partial charge in [0, 0.05) is 12.7 Å². The van der Waals surface area contributed by atoms with Crippen molar-refractivity contribution in [2.75, 3.05) is 12.4 Å². The van der Waals surface area contributed by atoms with E-state index >= 15 is 0 Å². The first-order valence-corrected chi connectivity index (χ1v) is 6.54. The predicted octanol–water partition coefficient (Wildman–Crippen LogP) is 5.07. The molecule has 0 aliphatic heterocycles. The Morgan fingerprint density at radius 1 is 1.05 bits per heavy atom. The predicted molar refractivity (Wildman–Crippen MR) is 87.3 cm³/mol. The first-order valence-electron chi connectivity index (χ1n) is 6.54. The molecule has 0 unspecified atom stereocenters. The van der Waals surface area contributed by atoms with Crippen molar-refractivity contribution in [3.05, 3.63) is 72.4 Å². The Labute approximate surface area is 117 Å². The van der Waals surface area contributed by atoms with Crippen LogP contribution >= 0.6 is 0 Å². The van der Waals surface area contributed by atoms with Crippen molar-refractivity contribution in [1.82, 2.24) is 0 Å². The van der Waals surface area contributed by atoms with E-state index in [4.69, 9.17) is 0 Å². The molecule has 1 N–H and O–H groups in total. The van der Waals surface area contributed by atoms with Gasteiger partial charge in [-0.1, -0.05) is 69.0 Å². The Hall–Kier alpha value is -2.02. The lowest BCUT2D eigenvalue weighted by atomic mass is 10.0. The summed E-state index contributed by atoms with van der Waals surface area (Å²) in [6.45, 7) is 12.3. The van der Waals surface area contributed by atoms with Crippen molar-refractivity contribution >= 4 is 11.8 Å². The number of hydrogen-bond donors (Lipinski definition) is 1. The van der Waals surface area contributed by atoms with Gasteiger partial charge in [-0.15, -0.1) is 0 Å². The van der Waals surface area contributed by atoms with Gasteiger partial charge in [0.1, 0.15) is 0 Å². The molecule has 0 spiro atoms. The maximum Gasteiger partial charge on any atom is 0.0337 e. The van der Waals surface area contributed by atoms with Crippen LogP contribution in [0.15, 0.2) is 66.8 Å². The Morgan fingerprint density at radius 3 is 2.21 bits per heavy atom. The molecule has 0 aliphatic rings. The lowest BCUT2D eigenvalue weighted by Crippen LogP contribution is -1.87. The third-order valence-corrected chi connectivity index (χ3v) is 2.94. The van der Waals surface area contributed by atoms with Crippen LogP contribution in [0.25, 0.3) is 6.08 Å². The van der Waals surface area contributed by atoms with Gasteiger partial charge < -0.3 is 5.32 Å². The summed E-state index contributed by atoms with van der Waals surface area (Å²) < 4.78 is 0. The van der Waals surface area contributed by atoms with Crippen LogP contribution < -0.4 is 5.32 Å². The molecule has 1 aromatic rings. The van der Waals surface area contributed by atoms with E-state index in [-0.39, 0.29) is 0 Å². The molecule has 1 rings (SSSR count). The summed E-state index contributed by atoms with van der Waals surface area (Å²) in [5.41, 5.74) is 4.37. The third-order valence-electron chi connectivity index (χ3n) is 2.94. The standard InChI is InChI=1S/C18H23N/c1-14(2)16(4)8-6-15(3)7-9-17-10-12-18(19-5)13-11-17/h6-14,19H,3-4H2,1-2,5H3/b8-6-,9-7+. The van der Waals surface area contributed by atoms with E-state index in [0.717, 1.165) is 22.4 Å². The molecule has 0 radical (unpaired) electrons. The second-order valence-electron chi connectivity index (χ2n) is 4.84. The number of allylic oxidation sites excluding steroid dienone is 5. The molecule has 0 aromatic heterocycles. The smallest absolute Gasteiger partial charge is 0.0337 e. The summed E-state index contributed by atoms with van der Waals surface area (Å²) in [5, 5.41) is 3.10. The molecule has 0 atom stereocenters. The van der Waals surface area contributed by atoms with Gasteiger partial charge >= 0.3 is 0 Å². The fourth-order valence-electron chi connectivity index (χ4n) is 1.43. The van der Waals surface area contributed by atoms with Crippen molar-refractivity contribution in [3.63, 3.8) is 0 Å². The molecule has 19 heavy (non-hydrogen) atoms. The van der Waals surface area contributed by atoms with Gasteiger partial charge in [0.2, 0.25) is 0 Å². The van der Waals surface area contributed by atoms with Crippen LogP contribution in [0.5, 0.6) is 0 Å². The Morgan fingerprint density at radius 2 is 1.68 bits per heavy atom. The molecule has 0 saturated heterocycles. The van der Waals surface area contributed by atoms with Crippen LogP contribution in [0.1, 0.15) is 19.4 Å². The van der Waals surface area contributed by atoms with E-state index in [9.17, 15) is 0 Å². The highest BCUT2D eigenvalue weighted by atomic mass is 14.8. The molecule has 0 bridgehead atoms. The zero-order valence-electron chi connectivity index (χ0n) is 12.1. The minimum atomic E-state index is 0.474. The average Bonchev–Trinajstić information content (AvgIpc) is 2.42. The molecular weight excluding hydrogens is 230 g/mol. The van der Waals surface area contributed by atoms with Gasteiger partial charge in [0.05, 0.1) is 0 Å². The lowest BCUT2D eigenvalue weighted by molar-refractivity contribution is 0.795. The van der Waals surface area contributed by atoms with Gasteiger partial charge in [0.25, 0.3) is 0 Å². The first-order chi connectivity index (χ1) is 9.02. The molecular formula is C18H23N. The summed E-state index contributed by atoms with van der Waals surface area (Å²) in [5.74, 6) is 0.474. The zero-order chi connectivity index (χ0) is 14.3. The first kappa shape index (κ1) is 15.0. The lowest BCUT2D eigenvalue weighted by Gasteiger charge is -2.02. The summed E-state index contributed by atoms with van der Waals surface area (Å²) in [6.07, 6.45) is 8.10. The van der Waals surface area contributed by atoms with E-state index < -0.39 is 0 Å². The van der Waals surface area contributed by atoms with Gasteiger partial charge in [-0.3, -0.25) is 0 Å². The molecule has 0 heterocycles. The minimum absolute atomic E-state index is 0.474. The summed E-state index contributed by atoms with van der Waals surface area (Å²) in [7, 11) is 1.92. The number of hydrogen-bond acceptors (Lipinski definition) is 1. The normalized spacial score (nSPS) is 11.4. The fourth-order valence-corrected chi connectivity index (χ4v) is 1.43. The van der Waals surface area contributed by atoms with E-state index in [1.54, 1.807) is 0 Å². The van der Waals surface area contributed by atoms with E-state index in [0.29, 0.717) is 5.92 Å². The Balaban J connectivity index is 2.60. The van der Waals surface area contributed by atoms with Crippen molar-refractivity contribution in [3.8, 4) is 0 Å². The second kappa shape index (κ2) is 7.42. The highest BCUT2D eigenvalue weighted by molar-refractivity contribution is 5.57. The van der Waals surface area contributed by atoms with Gasteiger partial charge in [-0.05, 0) is 29.2 Å². The van der Waals surface area contributed by atoms with Gasteiger partial charge in [-0.25, -0.2) is 0 Å². The Kier molecular flexibility index (Phi) is 5.87. The van der Waals surface area contributed by atoms with Crippen LogP contribution in [0.4, 0.5) is 5.69 Å². The van der Waals surface area contributed by atoms with E-state index in [1.807, 2.05) is 25.3 Å². The summed E-state index contributed by atoms with van der Waals surface area (Å²) in [6, 6.07) is 8.26. The van der Waals surface area contributed by atoms with Crippen LogP contribution in [0, 0.1) is 5.92 Å². The second-order valence-corrected chi connectivity index (χ2v) is 4.84. The van der Waals surface area contributed by atoms with E-state index in [2.05, 4.69) is 62.7 Å². The minimum Gasteiger partial charge on any atom is -0.388 e. The van der Waals surface area contributed by atoms with Crippen molar-refractivity contribution in [1.29, 1.82) is 0 Å². The molecule has 0 fully saturated rings. The maximum absolute atomic E-state index is 4.01. The molecule has 0 amide bonds. The monoisotopic (exact) mass is 253 g/mol. The van der Waals surface area contributed by atoms with Crippen molar-refractivity contribution in [2.24, 2.45) is 5.92 Å². The molecule has 1 nitrogen and oxygen atoms in total. The quantitative estimate of drug-likeness (QED) is 0.698. The molecule has 1 aromatic carbocycles. The van der Waals surface area contributed by atoms with Crippen LogP contribution in [0.3, 0.4) is 0 Å². The number of benzene rings is 1. The van der Waals surface area contributed by atoms with Crippen molar-refractivity contribution in [2.45, 2.75) is 13.8 Å². The highest BCUT2D eigenvalue weighted by Crippen LogP contribution is 2.12. The fraction of sp³-hybridized carbons (Fsp3) is 0.222. The van der Waals surface area contributed by atoms with Crippen molar-refractivity contribution < 1.29 is 0 Å². The third kappa shape index (κ3) is 5.43. The number of nitrogens with one attached hydrogen (secondary N) is 1. The highest BCUT2D eigenvalue weighted by Gasteiger charge is 1.94. The molecule has 0 aliphatic carbocycles. The number of rotatable bonds is 6. The number of anilines is 1. The average molecular weight is 253 g/mol. The van der Waals surface area contributed by atoms with Gasteiger partial charge in [-0.2, -0.15) is 0 Å². The maximum atomic E-state index is 4.01. The molecule has 0 saturated carbocycles. The van der Waals surface area contributed by atoms with Crippen LogP contribution in [-0.2, 0) is 0 Å². The molecule has 1 heteroatoms. The van der Waals surface area contributed by atoms with Crippen LogP contribution in [0.2, 0.25) is 0 Å². The summed E-state index contributed by atoms with van der Waals surface area (Å²) in [4.78, 5) is 0. The topological polar surface area (TPSA) is 12.0 Å². The zero-order valence-corrected chi connectivity index (χ0v) is 12.1. The summed E-state index contributed by atoms with van der Waals surface area (Å²) >= 11 is 0. The van der Waals surface area contributed by atoms with Gasteiger partial charge in [0.15, 0.2) is 0 Å². The Bertz CT molecular complexity index is 487. The van der Waals surface area contributed by atoms with E-state index in [1.165, 1.54) is 0 Å². The molecule has 100 valence electrons. The largest absolute Gasteiger partial charge is 0.388 e.